The molecule has 0 bridgehead atoms. The molecule has 1 aliphatic rings. The van der Waals surface area contributed by atoms with Crippen LogP contribution in [0, 0.1) is 6.92 Å². The highest BCUT2D eigenvalue weighted by Crippen LogP contribution is 2.30. The summed E-state index contributed by atoms with van der Waals surface area (Å²) < 4.78 is 17.1. The molecule has 124 valence electrons. The quantitative estimate of drug-likeness (QED) is 0.536. The Morgan fingerprint density at radius 2 is 2.23 bits per heavy atom. The number of methoxy groups -OCH3 is 1. The highest BCUT2D eigenvalue weighted by atomic mass is 16.6. The Morgan fingerprint density at radius 1 is 1.50 bits per heavy atom. The van der Waals surface area contributed by atoms with Crippen molar-refractivity contribution in [2.45, 2.75) is 31.5 Å². The van der Waals surface area contributed by atoms with E-state index < -0.39 is 30.2 Å². The zero-order chi connectivity index (χ0) is 16.3. The summed E-state index contributed by atoms with van der Waals surface area (Å²) >= 11 is 0. The van der Waals surface area contributed by atoms with Crippen molar-refractivity contribution in [2.24, 2.45) is 0 Å². The molecule has 9 nitrogen and oxygen atoms in total. The topological polar surface area (TPSA) is 129 Å². The number of nitrogen functional groups attached to an aromatic ring is 1. The predicted octanol–water partition coefficient (Wildman–Crippen LogP) is -1.58. The van der Waals surface area contributed by atoms with E-state index in [1.807, 2.05) is 0 Å². The highest BCUT2D eigenvalue weighted by molar-refractivity contribution is 5.35. The molecular weight excluding hydrogens is 294 g/mol. The lowest BCUT2D eigenvalue weighted by molar-refractivity contribution is -0.0685. The van der Waals surface area contributed by atoms with Crippen molar-refractivity contribution < 1.29 is 24.4 Å². The smallest absolute Gasteiger partial charge is 0.351 e. The SMILES string of the molecule is COCCO[C@H]1[C@@H](O)[C@H](n2cc(C)c(N)nc2=O)O[C@@H]1CO. The molecular formula is C13H21N3O6. The maximum Gasteiger partial charge on any atom is 0.351 e. The average Bonchev–Trinajstić information content (AvgIpc) is 2.80. The van der Waals surface area contributed by atoms with E-state index in [0.717, 1.165) is 4.57 Å². The van der Waals surface area contributed by atoms with Crippen molar-refractivity contribution >= 4 is 5.82 Å². The molecule has 4 N–H and O–H groups in total. The van der Waals surface area contributed by atoms with Crippen molar-refractivity contribution in [2.75, 3.05) is 32.7 Å². The van der Waals surface area contributed by atoms with E-state index in [1.54, 1.807) is 6.92 Å². The minimum absolute atomic E-state index is 0.125. The van der Waals surface area contributed by atoms with Gasteiger partial charge in [-0.05, 0) is 6.92 Å². The Bertz CT molecular complexity index is 563. The van der Waals surface area contributed by atoms with Gasteiger partial charge in [0.2, 0.25) is 0 Å². The molecule has 22 heavy (non-hydrogen) atoms. The molecule has 4 atom stereocenters. The molecule has 0 aliphatic carbocycles. The predicted molar refractivity (Wildman–Crippen MR) is 76.3 cm³/mol. The monoisotopic (exact) mass is 315 g/mol. The summed E-state index contributed by atoms with van der Waals surface area (Å²) in [5.41, 5.74) is 5.52. The van der Waals surface area contributed by atoms with Gasteiger partial charge in [-0.15, -0.1) is 0 Å². The first kappa shape index (κ1) is 16.8. The summed E-state index contributed by atoms with van der Waals surface area (Å²) in [6, 6.07) is 0. The third-order valence-electron chi connectivity index (χ3n) is 3.54. The average molecular weight is 315 g/mol. The van der Waals surface area contributed by atoms with E-state index >= 15 is 0 Å². The van der Waals surface area contributed by atoms with E-state index in [2.05, 4.69) is 4.98 Å². The Balaban J connectivity index is 2.22. The van der Waals surface area contributed by atoms with Crippen LogP contribution in [0.1, 0.15) is 11.8 Å². The third-order valence-corrected chi connectivity index (χ3v) is 3.54. The fourth-order valence-electron chi connectivity index (χ4n) is 2.33. The largest absolute Gasteiger partial charge is 0.394 e. The van der Waals surface area contributed by atoms with Crippen LogP contribution in [-0.2, 0) is 14.2 Å². The van der Waals surface area contributed by atoms with Crippen molar-refractivity contribution in [1.29, 1.82) is 0 Å². The van der Waals surface area contributed by atoms with Crippen molar-refractivity contribution in [1.82, 2.24) is 9.55 Å². The van der Waals surface area contributed by atoms with Gasteiger partial charge in [0.15, 0.2) is 6.23 Å². The molecule has 1 aromatic rings. The normalized spacial score (nSPS) is 28.2. The van der Waals surface area contributed by atoms with Crippen LogP contribution in [0.4, 0.5) is 5.82 Å². The maximum atomic E-state index is 11.9. The molecule has 0 saturated carbocycles. The number of anilines is 1. The van der Waals surface area contributed by atoms with Crippen LogP contribution in [0.15, 0.2) is 11.0 Å². The zero-order valence-corrected chi connectivity index (χ0v) is 12.5. The molecule has 2 heterocycles. The van der Waals surface area contributed by atoms with Gasteiger partial charge < -0.3 is 30.2 Å². The molecule has 1 aliphatic heterocycles. The van der Waals surface area contributed by atoms with Crippen LogP contribution < -0.4 is 11.4 Å². The number of aryl methyl sites for hydroxylation is 1. The van der Waals surface area contributed by atoms with E-state index in [9.17, 15) is 15.0 Å². The van der Waals surface area contributed by atoms with Gasteiger partial charge in [-0.25, -0.2) is 4.79 Å². The number of aliphatic hydroxyl groups excluding tert-OH is 2. The van der Waals surface area contributed by atoms with E-state index in [1.165, 1.54) is 13.3 Å². The molecule has 1 fully saturated rings. The van der Waals surface area contributed by atoms with E-state index in [0.29, 0.717) is 12.2 Å². The van der Waals surface area contributed by atoms with Crippen molar-refractivity contribution in [3.8, 4) is 0 Å². The first-order chi connectivity index (χ1) is 10.5. The van der Waals surface area contributed by atoms with Crippen LogP contribution in [0.2, 0.25) is 0 Å². The lowest BCUT2D eigenvalue weighted by Gasteiger charge is -2.20. The summed E-state index contributed by atoms with van der Waals surface area (Å²) in [6.45, 7) is 1.92. The van der Waals surface area contributed by atoms with Gasteiger partial charge in [-0.3, -0.25) is 4.57 Å². The second-order valence-electron chi connectivity index (χ2n) is 5.07. The lowest BCUT2D eigenvalue weighted by Crippen LogP contribution is -2.38. The van der Waals surface area contributed by atoms with Crippen LogP contribution >= 0.6 is 0 Å². The van der Waals surface area contributed by atoms with Gasteiger partial charge in [0.05, 0.1) is 19.8 Å². The van der Waals surface area contributed by atoms with Crippen LogP contribution in [-0.4, -0.2) is 65.0 Å². The first-order valence-electron chi connectivity index (χ1n) is 6.89. The molecule has 9 heteroatoms. The number of nitrogens with zero attached hydrogens (tertiary/aromatic N) is 2. The molecule has 0 radical (unpaired) electrons. The molecule has 0 amide bonds. The Kier molecular flexibility index (Phi) is 5.48. The van der Waals surface area contributed by atoms with Crippen LogP contribution in [0.5, 0.6) is 0 Å². The van der Waals surface area contributed by atoms with Gasteiger partial charge >= 0.3 is 5.69 Å². The van der Waals surface area contributed by atoms with Gasteiger partial charge in [0.25, 0.3) is 0 Å². The number of rotatable bonds is 6. The summed E-state index contributed by atoms with van der Waals surface area (Å²) in [4.78, 5) is 15.6. The van der Waals surface area contributed by atoms with Gasteiger partial charge in [-0.1, -0.05) is 0 Å². The van der Waals surface area contributed by atoms with Gasteiger partial charge in [-0.2, -0.15) is 4.98 Å². The van der Waals surface area contributed by atoms with Gasteiger partial charge in [0.1, 0.15) is 24.1 Å². The minimum Gasteiger partial charge on any atom is -0.394 e. The lowest BCUT2D eigenvalue weighted by atomic mass is 10.1. The van der Waals surface area contributed by atoms with E-state index in [4.69, 9.17) is 19.9 Å². The number of hydrogen-bond donors (Lipinski definition) is 3. The fourth-order valence-corrected chi connectivity index (χ4v) is 2.33. The van der Waals surface area contributed by atoms with Crippen molar-refractivity contribution in [3.05, 3.63) is 22.2 Å². The standard InChI is InChI=1S/C13H21N3O6/c1-7-5-16(13(19)15-11(7)14)12-9(18)10(8(6-17)22-12)21-4-3-20-2/h5,8-10,12,17-18H,3-4,6H2,1-2H3,(H2,14,15,19)/t8-,9-,10-,12-/m1/s1. The number of hydrogen-bond acceptors (Lipinski definition) is 8. The molecule has 0 spiro atoms. The van der Waals surface area contributed by atoms with Crippen LogP contribution in [0.25, 0.3) is 0 Å². The number of ether oxygens (including phenoxy) is 3. The van der Waals surface area contributed by atoms with E-state index in [-0.39, 0.29) is 19.0 Å². The second kappa shape index (κ2) is 7.16. The second-order valence-corrected chi connectivity index (χ2v) is 5.07. The summed E-state index contributed by atoms with van der Waals surface area (Å²) in [5.74, 6) is 0.125. The Hall–Kier alpha value is -1.52. The Labute approximate surface area is 127 Å². The molecule has 2 rings (SSSR count). The van der Waals surface area contributed by atoms with Crippen molar-refractivity contribution in [3.63, 3.8) is 0 Å². The number of aliphatic hydroxyl groups is 2. The minimum atomic E-state index is -1.13. The molecule has 0 unspecified atom stereocenters. The maximum absolute atomic E-state index is 11.9. The first-order valence-corrected chi connectivity index (χ1v) is 6.89. The summed E-state index contributed by atoms with van der Waals surface area (Å²) in [7, 11) is 1.53. The number of nitrogens with two attached hydrogens (primary N) is 1. The third kappa shape index (κ3) is 3.28. The van der Waals surface area contributed by atoms with Gasteiger partial charge in [0, 0.05) is 18.9 Å². The fraction of sp³-hybridized carbons (Fsp3) is 0.692. The number of aromatic nitrogens is 2. The highest BCUT2D eigenvalue weighted by Gasteiger charge is 2.45. The molecule has 1 aromatic heterocycles. The van der Waals surface area contributed by atoms with Crippen LogP contribution in [0.3, 0.4) is 0 Å². The molecule has 1 saturated heterocycles. The zero-order valence-electron chi connectivity index (χ0n) is 12.5. The Morgan fingerprint density at radius 3 is 2.86 bits per heavy atom. The molecule has 0 aromatic carbocycles. The summed E-state index contributed by atoms with van der Waals surface area (Å²) in [5, 5.41) is 19.7. The summed E-state index contributed by atoms with van der Waals surface area (Å²) in [6.07, 6.45) is -2.18.